The first-order chi connectivity index (χ1) is 12.0. The Morgan fingerprint density at radius 1 is 1.04 bits per heavy atom. The molecule has 1 heterocycles. The highest BCUT2D eigenvalue weighted by molar-refractivity contribution is 7.89. The molecule has 2 aromatic rings. The number of nitrogens with one attached hydrogen (secondary N) is 1. The van der Waals surface area contributed by atoms with E-state index in [1.54, 1.807) is 43.5 Å². The van der Waals surface area contributed by atoms with Crippen LogP contribution in [0.4, 0.5) is 4.39 Å². The van der Waals surface area contributed by atoms with Crippen molar-refractivity contribution < 1.29 is 22.4 Å². The standard InChI is InChI=1S/C18H21FN2O3S/c1-24-17-6-8-18(9-7-17)25(22,23)21-12-10-20(11-13-21)14-15-2-4-16(19)5-3-15/h2-9H,10-14H2,1H3/p+1. The van der Waals surface area contributed by atoms with Crippen molar-refractivity contribution >= 4 is 10.0 Å². The molecule has 0 saturated carbocycles. The van der Waals surface area contributed by atoms with Crippen LogP contribution in [0.25, 0.3) is 0 Å². The molecule has 0 radical (unpaired) electrons. The van der Waals surface area contributed by atoms with Crippen molar-refractivity contribution in [2.45, 2.75) is 11.4 Å². The van der Waals surface area contributed by atoms with Crippen LogP contribution in [0.1, 0.15) is 5.56 Å². The third kappa shape index (κ3) is 4.18. The van der Waals surface area contributed by atoms with E-state index in [2.05, 4.69) is 0 Å². The first-order valence-corrected chi connectivity index (χ1v) is 9.65. The van der Waals surface area contributed by atoms with E-state index in [0.717, 1.165) is 25.2 Å². The van der Waals surface area contributed by atoms with Gasteiger partial charge in [-0.15, -0.1) is 0 Å². The van der Waals surface area contributed by atoms with Crippen LogP contribution in [0.5, 0.6) is 5.75 Å². The summed E-state index contributed by atoms with van der Waals surface area (Å²) in [6.07, 6.45) is 0. The minimum Gasteiger partial charge on any atom is -0.497 e. The number of benzene rings is 2. The molecule has 0 atom stereocenters. The van der Waals surface area contributed by atoms with Crippen LogP contribution in [0.2, 0.25) is 0 Å². The number of hydrogen-bond acceptors (Lipinski definition) is 3. The average Bonchev–Trinajstić information content (AvgIpc) is 2.64. The van der Waals surface area contributed by atoms with Gasteiger partial charge < -0.3 is 9.64 Å². The number of methoxy groups -OCH3 is 1. The van der Waals surface area contributed by atoms with E-state index < -0.39 is 10.0 Å². The molecule has 7 heteroatoms. The summed E-state index contributed by atoms with van der Waals surface area (Å²) in [4.78, 5) is 1.59. The second kappa shape index (κ2) is 7.51. The van der Waals surface area contributed by atoms with Gasteiger partial charge in [-0.25, -0.2) is 12.8 Å². The molecule has 0 amide bonds. The van der Waals surface area contributed by atoms with Gasteiger partial charge in [0.05, 0.1) is 38.2 Å². The molecule has 1 aliphatic rings. The fourth-order valence-electron chi connectivity index (χ4n) is 3.01. The highest BCUT2D eigenvalue weighted by Crippen LogP contribution is 2.19. The summed E-state index contributed by atoms with van der Waals surface area (Å²) in [5, 5.41) is 0. The molecule has 3 rings (SSSR count). The molecule has 1 N–H and O–H groups in total. The van der Waals surface area contributed by atoms with Crippen LogP contribution in [0.15, 0.2) is 53.4 Å². The topological polar surface area (TPSA) is 51.1 Å². The molecule has 0 aromatic heterocycles. The molecular weight excluding hydrogens is 343 g/mol. The van der Waals surface area contributed by atoms with Crippen LogP contribution in [0, 0.1) is 5.82 Å². The SMILES string of the molecule is COc1ccc(S(=O)(=O)N2CC[NH+](Cc3ccc(F)cc3)CC2)cc1. The maximum Gasteiger partial charge on any atom is 0.243 e. The van der Waals surface area contributed by atoms with Crippen molar-refractivity contribution in [1.29, 1.82) is 0 Å². The van der Waals surface area contributed by atoms with Crippen LogP contribution in [0.3, 0.4) is 0 Å². The Balaban J connectivity index is 1.61. The molecule has 0 aliphatic carbocycles. The number of ether oxygens (including phenoxy) is 1. The molecular formula is C18H22FN2O3S+. The number of piperazine rings is 1. The lowest BCUT2D eigenvalue weighted by molar-refractivity contribution is -0.917. The van der Waals surface area contributed by atoms with Gasteiger partial charge >= 0.3 is 0 Å². The quantitative estimate of drug-likeness (QED) is 0.858. The van der Waals surface area contributed by atoms with Crippen molar-refractivity contribution in [2.24, 2.45) is 0 Å². The maximum absolute atomic E-state index is 13.0. The summed E-state index contributed by atoms with van der Waals surface area (Å²) < 4.78 is 45.0. The highest BCUT2D eigenvalue weighted by atomic mass is 32.2. The van der Waals surface area contributed by atoms with Crippen molar-refractivity contribution in [3.05, 3.63) is 59.9 Å². The van der Waals surface area contributed by atoms with Crippen molar-refractivity contribution in [3.8, 4) is 5.75 Å². The third-order valence-corrected chi connectivity index (χ3v) is 6.41. The van der Waals surface area contributed by atoms with Gasteiger partial charge in [0, 0.05) is 5.56 Å². The normalized spacial score (nSPS) is 16.7. The number of quaternary nitrogens is 1. The Bertz CT molecular complexity index is 799. The molecule has 0 bridgehead atoms. The molecule has 2 aromatic carbocycles. The Kier molecular flexibility index (Phi) is 5.36. The number of hydrogen-bond donors (Lipinski definition) is 1. The lowest BCUT2D eigenvalue weighted by atomic mass is 10.2. The Morgan fingerprint density at radius 2 is 1.64 bits per heavy atom. The van der Waals surface area contributed by atoms with E-state index in [4.69, 9.17) is 4.74 Å². The number of nitrogens with zero attached hydrogens (tertiary/aromatic N) is 1. The van der Waals surface area contributed by atoms with Crippen LogP contribution >= 0.6 is 0 Å². The highest BCUT2D eigenvalue weighted by Gasteiger charge is 2.30. The Morgan fingerprint density at radius 3 is 2.20 bits per heavy atom. The Hall–Kier alpha value is -1.96. The number of sulfonamides is 1. The Labute approximate surface area is 147 Å². The van der Waals surface area contributed by atoms with Gasteiger partial charge in [-0.2, -0.15) is 4.31 Å². The van der Waals surface area contributed by atoms with Crippen LogP contribution < -0.4 is 9.64 Å². The van der Waals surface area contributed by atoms with Gasteiger partial charge in [-0.1, -0.05) is 12.1 Å². The van der Waals surface area contributed by atoms with E-state index in [1.807, 2.05) is 0 Å². The van der Waals surface area contributed by atoms with E-state index in [1.165, 1.54) is 21.3 Å². The summed E-state index contributed by atoms with van der Waals surface area (Å²) in [6, 6.07) is 12.9. The maximum atomic E-state index is 13.0. The van der Waals surface area contributed by atoms with Crippen molar-refractivity contribution in [2.75, 3.05) is 33.3 Å². The first-order valence-electron chi connectivity index (χ1n) is 8.21. The van der Waals surface area contributed by atoms with Gasteiger partial charge in [0.25, 0.3) is 0 Å². The molecule has 5 nitrogen and oxygen atoms in total. The average molecular weight is 365 g/mol. The zero-order valence-electron chi connectivity index (χ0n) is 14.1. The molecule has 1 aliphatic heterocycles. The molecule has 0 spiro atoms. The summed E-state index contributed by atoms with van der Waals surface area (Å²) >= 11 is 0. The van der Waals surface area contributed by atoms with Gasteiger partial charge in [0.2, 0.25) is 10.0 Å². The summed E-state index contributed by atoms with van der Waals surface area (Å²) in [5.74, 6) is 0.390. The summed E-state index contributed by atoms with van der Waals surface area (Å²) in [5.41, 5.74) is 1.06. The number of halogens is 1. The van der Waals surface area contributed by atoms with Crippen LogP contribution in [-0.4, -0.2) is 46.0 Å². The largest absolute Gasteiger partial charge is 0.497 e. The van der Waals surface area contributed by atoms with Crippen molar-refractivity contribution in [3.63, 3.8) is 0 Å². The fourth-order valence-corrected chi connectivity index (χ4v) is 4.45. The van der Waals surface area contributed by atoms with Crippen molar-refractivity contribution in [1.82, 2.24) is 4.31 Å². The monoisotopic (exact) mass is 365 g/mol. The smallest absolute Gasteiger partial charge is 0.243 e. The van der Waals surface area contributed by atoms with Gasteiger partial charge in [-0.3, -0.25) is 0 Å². The minimum atomic E-state index is -3.47. The molecule has 25 heavy (non-hydrogen) atoms. The molecule has 0 unspecified atom stereocenters. The zero-order valence-corrected chi connectivity index (χ0v) is 14.9. The van der Waals surface area contributed by atoms with E-state index in [9.17, 15) is 12.8 Å². The lowest BCUT2D eigenvalue weighted by Crippen LogP contribution is -3.13. The predicted octanol–water partition coefficient (Wildman–Crippen LogP) is 0.924. The van der Waals surface area contributed by atoms with E-state index >= 15 is 0 Å². The fraction of sp³-hybridized carbons (Fsp3) is 0.333. The molecule has 1 fully saturated rings. The molecule has 134 valence electrons. The summed E-state index contributed by atoms with van der Waals surface area (Å²) in [6.45, 7) is 3.19. The van der Waals surface area contributed by atoms with E-state index in [-0.39, 0.29) is 10.7 Å². The first kappa shape index (κ1) is 17.8. The second-order valence-electron chi connectivity index (χ2n) is 6.13. The predicted molar refractivity (Wildman–Crippen MR) is 92.6 cm³/mol. The lowest BCUT2D eigenvalue weighted by Gasteiger charge is -2.31. The van der Waals surface area contributed by atoms with Gasteiger partial charge in [0.1, 0.15) is 18.1 Å². The van der Waals surface area contributed by atoms with Gasteiger partial charge in [0.15, 0.2) is 0 Å². The van der Waals surface area contributed by atoms with E-state index in [0.29, 0.717) is 18.8 Å². The third-order valence-electron chi connectivity index (χ3n) is 4.49. The number of rotatable bonds is 5. The van der Waals surface area contributed by atoms with Gasteiger partial charge in [-0.05, 0) is 36.4 Å². The molecule has 1 saturated heterocycles. The summed E-state index contributed by atoms with van der Waals surface area (Å²) in [7, 11) is -1.93. The zero-order chi connectivity index (χ0) is 17.9. The second-order valence-corrected chi connectivity index (χ2v) is 8.07. The minimum absolute atomic E-state index is 0.242. The van der Waals surface area contributed by atoms with Crippen LogP contribution in [-0.2, 0) is 16.6 Å².